The lowest BCUT2D eigenvalue weighted by Gasteiger charge is -2.34. The second-order valence-corrected chi connectivity index (χ2v) is 7.51. The molecule has 3 rings (SSSR count). The van der Waals surface area contributed by atoms with Gasteiger partial charge in [-0.05, 0) is 36.8 Å². The van der Waals surface area contributed by atoms with Gasteiger partial charge in [-0.1, -0.05) is 35.3 Å². The monoisotopic (exact) mass is 464 g/mol. The number of nitrogens with one attached hydrogen (secondary N) is 1. The number of amides is 2. The fraction of sp³-hybridized carbons (Fsp3) is 0.273. The van der Waals surface area contributed by atoms with Gasteiger partial charge in [0.15, 0.2) is 0 Å². The molecule has 2 aromatic rings. The Bertz CT molecular complexity index is 1020. The third-order valence-corrected chi connectivity index (χ3v) is 5.30. The first kappa shape index (κ1) is 22.8. The van der Waals surface area contributed by atoms with Crippen LogP contribution in [0.1, 0.15) is 18.5 Å². The van der Waals surface area contributed by atoms with Gasteiger partial charge >= 0.3 is 12.0 Å². The lowest BCUT2D eigenvalue weighted by atomic mass is 9.94. The molecular weight excluding hydrogens is 443 g/mol. The molecule has 1 N–H and O–H groups in total. The Hall–Kier alpha value is -2.90. The number of likely N-dealkylation sites (N-methyl/N-ethyl adjacent to an activating group) is 1. The molecule has 1 heterocycles. The van der Waals surface area contributed by atoms with Crippen LogP contribution in [0.2, 0.25) is 10.0 Å². The highest BCUT2D eigenvalue weighted by molar-refractivity contribution is 6.34. The summed E-state index contributed by atoms with van der Waals surface area (Å²) in [4.78, 5) is 27.0. The van der Waals surface area contributed by atoms with Crippen molar-refractivity contribution in [2.24, 2.45) is 0 Å². The molecule has 0 fully saturated rings. The number of hydrogen-bond acceptors (Lipinski definition) is 5. The maximum absolute atomic E-state index is 12.9. The van der Waals surface area contributed by atoms with Crippen LogP contribution in [0.15, 0.2) is 53.7 Å². The maximum atomic E-state index is 12.9. The number of nitrogens with zero attached hydrogens (tertiary/aromatic N) is 1. The molecule has 9 heteroatoms. The second-order valence-electron chi connectivity index (χ2n) is 6.66. The van der Waals surface area contributed by atoms with Gasteiger partial charge in [-0.2, -0.15) is 0 Å². The van der Waals surface area contributed by atoms with E-state index in [4.69, 9.17) is 37.4 Å². The van der Waals surface area contributed by atoms with Crippen molar-refractivity contribution in [1.82, 2.24) is 10.2 Å². The minimum Gasteiger partial charge on any atom is -0.497 e. The third kappa shape index (κ3) is 5.06. The fourth-order valence-electron chi connectivity index (χ4n) is 3.19. The van der Waals surface area contributed by atoms with Crippen LogP contribution in [-0.4, -0.2) is 44.3 Å². The van der Waals surface area contributed by atoms with E-state index >= 15 is 0 Å². The van der Waals surface area contributed by atoms with E-state index in [1.165, 1.54) is 4.90 Å². The minimum absolute atomic E-state index is 0.0986. The highest BCUT2D eigenvalue weighted by atomic mass is 35.5. The Morgan fingerprint density at radius 3 is 2.68 bits per heavy atom. The lowest BCUT2D eigenvalue weighted by molar-refractivity contribution is -0.139. The van der Waals surface area contributed by atoms with Crippen molar-refractivity contribution in [3.05, 3.63) is 69.3 Å². The molecular formula is C22H22Cl2N2O5. The Morgan fingerprint density at radius 2 is 1.97 bits per heavy atom. The molecule has 0 saturated heterocycles. The van der Waals surface area contributed by atoms with Crippen LogP contribution in [0.5, 0.6) is 11.5 Å². The topological polar surface area (TPSA) is 77.1 Å². The van der Waals surface area contributed by atoms with E-state index in [2.05, 4.69) is 5.32 Å². The van der Waals surface area contributed by atoms with Crippen molar-refractivity contribution in [3.8, 4) is 11.5 Å². The number of rotatable bonds is 7. The summed E-state index contributed by atoms with van der Waals surface area (Å²) in [5.74, 6) is 0.373. The quantitative estimate of drug-likeness (QED) is 0.606. The molecule has 7 nitrogen and oxygen atoms in total. The molecule has 0 bridgehead atoms. The van der Waals surface area contributed by atoms with Crippen LogP contribution in [0.25, 0.3) is 0 Å². The number of halogens is 2. The van der Waals surface area contributed by atoms with Crippen LogP contribution in [-0.2, 0) is 9.53 Å². The Morgan fingerprint density at radius 1 is 1.19 bits per heavy atom. The smallest absolute Gasteiger partial charge is 0.338 e. The second kappa shape index (κ2) is 9.94. The van der Waals surface area contributed by atoms with E-state index in [1.807, 2.05) is 0 Å². The number of ether oxygens (including phenoxy) is 3. The predicted molar refractivity (Wildman–Crippen MR) is 118 cm³/mol. The van der Waals surface area contributed by atoms with E-state index in [-0.39, 0.29) is 18.8 Å². The van der Waals surface area contributed by atoms with Crippen molar-refractivity contribution < 1.29 is 23.8 Å². The number of esters is 1. The summed E-state index contributed by atoms with van der Waals surface area (Å²) in [7, 11) is 3.09. The minimum atomic E-state index is -0.744. The van der Waals surface area contributed by atoms with E-state index in [9.17, 15) is 9.59 Å². The number of carbonyl (C=O) groups is 2. The van der Waals surface area contributed by atoms with Gasteiger partial charge in [-0.15, -0.1) is 0 Å². The van der Waals surface area contributed by atoms with Crippen LogP contribution >= 0.6 is 23.2 Å². The molecule has 0 aromatic heterocycles. The molecule has 1 aliphatic heterocycles. The first-order valence-electron chi connectivity index (χ1n) is 9.51. The number of urea groups is 1. The summed E-state index contributed by atoms with van der Waals surface area (Å²) in [5, 5.41) is 3.65. The van der Waals surface area contributed by atoms with Crippen molar-refractivity contribution in [3.63, 3.8) is 0 Å². The normalized spacial score (nSPS) is 16.1. The molecule has 1 aliphatic rings. The summed E-state index contributed by atoms with van der Waals surface area (Å²) in [6, 6.07) is 10.8. The zero-order valence-electron chi connectivity index (χ0n) is 17.3. The third-order valence-electron chi connectivity index (χ3n) is 4.76. The van der Waals surface area contributed by atoms with E-state index < -0.39 is 18.0 Å². The SMILES string of the molecule is CCOC(=O)C1=C(COc2cc(Cl)ccc2Cl)N(C)C(=O)NC1c1cccc(OC)c1. The van der Waals surface area contributed by atoms with Crippen LogP contribution in [0.4, 0.5) is 4.79 Å². The van der Waals surface area contributed by atoms with Crippen molar-refractivity contribution in [1.29, 1.82) is 0 Å². The average Bonchev–Trinajstić information content (AvgIpc) is 2.76. The average molecular weight is 465 g/mol. The summed E-state index contributed by atoms with van der Waals surface area (Å²) in [6.07, 6.45) is 0. The standard InChI is InChI=1S/C22H22Cl2N2O5/c1-4-30-21(27)19-17(12-31-18-11-14(23)8-9-16(18)24)26(2)22(28)25-20(19)13-6-5-7-15(10-13)29-3/h5-11,20H,4,12H2,1-3H3,(H,25,28). The maximum Gasteiger partial charge on any atom is 0.338 e. The van der Waals surface area contributed by atoms with Crippen LogP contribution < -0.4 is 14.8 Å². The van der Waals surface area contributed by atoms with Gasteiger partial charge in [0.05, 0.1) is 36.1 Å². The number of benzene rings is 2. The molecule has 2 aromatic carbocycles. The van der Waals surface area contributed by atoms with Gasteiger partial charge in [0.2, 0.25) is 0 Å². The van der Waals surface area contributed by atoms with Gasteiger partial charge in [0.25, 0.3) is 0 Å². The van der Waals surface area contributed by atoms with Gasteiger partial charge in [-0.3, -0.25) is 4.90 Å². The van der Waals surface area contributed by atoms with Crippen molar-refractivity contribution in [2.45, 2.75) is 13.0 Å². The lowest BCUT2D eigenvalue weighted by Crippen LogP contribution is -2.48. The number of hydrogen-bond donors (Lipinski definition) is 1. The van der Waals surface area contributed by atoms with Gasteiger partial charge in [0.1, 0.15) is 18.1 Å². The van der Waals surface area contributed by atoms with Gasteiger partial charge < -0.3 is 19.5 Å². The Balaban J connectivity index is 2.06. The molecule has 1 atom stereocenters. The van der Waals surface area contributed by atoms with E-state index in [0.717, 1.165) is 0 Å². The molecule has 31 heavy (non-hydrogen) atoms. The summed E-state index contributed by atoms with van der Waals surface area (Å²) >= 11 is 12.2. The highest BCUT2D eigenvalue weighted by Crippen LogP contribution is 2.34. The summed E-state index contributed by atoms with van der Waals surface area (Å²) < 4.78 is 16.4. The molecule has 164 valence electrons. The molecule has 0 radical (unpaired) electrons. The molecule has 0 spiro atoms. The van der Waals surface area contributed by atoms with Gasteiger partial charge in [-0.25, -0.2) is 9.59 Å². The predicted octanol–water partition coefficient (Wildman–Crippen LogP) is 4.59. The molecule has 2 amide bonds. The Labute approximate surface area is 190 Å². The zero-order valence-corrected chi connectivity index (χ0v) is 18.8. The molecule has 1 unspecified atom stereocenters. The zero-order chi connectivity index (χ0) is 22.5. The summed E-state index contributed by atoms with van der Waals surface area (Å²) in [5.41, 5.74) is 1.28. The van der Waals surface area contributed by atoms with Gasteiger partial charge in [0, 0.05) is 18.1 Å². The van der Waals surface area contributed by atoms with E-state index in [1.54, 1.807) is 63.5 Å². The molecule has 0 aliphatic carbocycles. The number of carbonyl (C=O) groups excluding carboxylic acids is 2. The summed E-state index contributed by atoms with van der Waals surface area (Å²) in [6.45, 7) is 1.80. The molecule has 0 saturated carbocycles. The van der Waals surface area contributed by atoms with Crippen LogP contribution in [0, 0.1) is 0 Å². The van der Waals surface area contributed by atoms with Crippen molar-refractivity contribution >= 4 is 35.2 Å². The highest BCUT2D eigenvalue weighted by Gasteiger charge is 2.37. The first-order valence-corrected chi connectivity index (χ1v) is 10.3. The van der Waals surface area contributed by atoms with Crippen LogP contribution in [0.3, 0.4) is 0 Å². The fourth-order valence-corrected chi connectivity index (χ4v) is 3.52. The Kier molecular flexibility index (Phi) is 7.30. The van der Waals surface area contributed by atoms with Crippen molar-refractivity contribution in [2.75, 3.05) is 27.4 Å². The number of methoxy groups -OCH3 is 1. The first-order chi connectivity index (χ1) is 14.8. The largest absolute Gasteiger partial charge is 0.497 e. The van der Waals surface area contributed by atoms with E-state index in [0.29, 0.717) is 32.8 Å².